The van der Waals surface area contributed by atoms with E-state index in [2.05, 4.69) is 16.8 Å². The zero-order valence-corrected chi connectivity index (χ0v) is 12.4. The summed E-state index contributed by atoms with van der Waals surface area (Å²) in [5, 5.41) is 14.3. The van der Waals surface area contributed by atoms with Crippen molar-refractivity contribution in [2.24, 2.45) is 0 Å². The van der Waals surface area contributed by atoms with E-state index >= 15 is 0 Å². The molecule has 0 fully saturated rings. The summed E-state index contributed by atoms with van der Waals surface area (Å²) in [4.78, 5) is 13.9. The second kappa shape index (κ2) is 6.11. The summed E-state index contributed by atoms with van der Waals surface area (Å²) >= 11 is 1.72. The van der Waals surface area contributed by atoms with Crippen LogP contribution in [0.25, 0.3) is 0 Å². The molecular weight excluding hydrogens is 280 g/mol. The number of thiophene rings is 1. The fourth-order valence-electron chi connectivity index (χ4n) is 2.84. The van der Waals surface area contributed by atoms with Crippen molar-refractivity contribution in [2.45, 2.75) is 31.2 Å². The third-order valence-corrected chi connectivity index (χ3v) is 4.91. The molecule has 0 saturated heterocycles. The van der Waals surface area contributed by atoms with Crippen LogP contribution in [-0.2, 0) is 11.2 Å². The van der Waals surface area contributed by atoms with Crippen LogP contribution >= 0.6 is 11.3 Å². The Hall–Kier alpha value is -2.12. The number of amides is 1. The zero-order chi connectivity index (χ0) is 14.7. The smallest absolute Gasteiger partial charge is 0.228 e. The number of nitriles is 1. The van der Waals surface area contributed by atoms with Crippen molar-refractivity contribution in [3.8, 4) is 6.07 Å². The highest BCUT2D eigenvalue weighted by atomic mass is 32.1. The van der Waals surface area contributed by atoms with Gasteiger partial charge in [0, 0.05) is 4.88 Å². The van der Waals surface area contributed by atoms with Crippen LogP contribution in [-0.4, -0.2) is 5.91 Å². The molecule has 0 radical (unpaired) electrons. The molecule has 1 N–H and O–H groups in total. The predicted molar refractivity (Wildman–Crippen MR) is 82.9 cm³/mol. The fraction of sp³-hybridized carbons (Fsp3) is 0.294. The van der Waals surface area contributed by atoms with Gasteiger partial charge in [0.05, 0.1) is 12.0 Å². The molecule has 0 aliphatic heterocycles. The average molecular weight is 296 g/mol. The van der Waals surface area contributed by atoms with Gasteiger partial charge in [0.2, 0.25) is 5.91 Å². The minimum Gasteiger partial charge on any atom is -0.336 e. The van der Waals surface area contributed by atoms with Crippen LogP contribution in [0.3, 0.4) is 0 Å². The van der Waals surface area contributed by atoms with Crippen LogP contribution in [0.15, 0.2) is 41.8 Å². The van der Waals surface area contributed by atoms with E-state index in [1.54, 1.807) is 11.3 Å². The largest absolute Gasteiger partial charge is 0.336 e. The van der Waals surface area contributed by atoms with Crippen LogP contribution < -0.4 is 5.32 Å². The molecule has 3 nitrogen and oxygen atoms in total. The van der Waals surface area contributed by atoms with Gasteiger partial charge in [-0.1, -0.05) is 30.3 Å². The number of carbonyl (C=O) groups excluding carboxylic acids is 1. The van der Waals surface area contributed by atoms with Crippen molar-refractivity contribution >= 4 is 17.2 Å². The van der Waals surface area contributed by atoms with E-state index in [1.165, 1.54) is 4.88 Å². The summed E-state index contributed by atoms with van der Waals surface area (Å²) in [5.74, 6) is -0.149. The Kier molecular flexibility index (Phi) is 4.03. The molecule has 2 atom stereocenters. The minimum absolute atomic E-state index is 0.0373. The van der Waals surface area contributed by atoms with Crippen molar-refractivity contribution in [1.29, 1.82) is 5.26 Å². The van der Waals surface area contributed by atoms with Gasteiger partial charge in [-0.15, -0.1) is 11.3 Å². The molecule has 21 heavy (non-hydrogen) atoms. The van der Waals surface area contributed by atoms with E-state index < -0.39 is 6.04 Å². The lowest BCUT2D eigenvalue weighted by Gasteiger charge is -2.23. The van der Waals surface area contributed by atoms with Gasteiger partial charge in [-0.25, -0.2) is 0 Å². The number of fused-ring (bicyclic) bond motifs is 1. The van der Waals surface area contributed by atoms with Crippen molar-refractivity contribution in [3.63, 3.8) is 0 Å². The van der Waals surface area contributed by atoms with E-state index in [9.17, 15) is 10.1 Å². The second-order valence-electron chi connectivity index (χ2n) is 5.23. The molecule has 1 heterocycles. The van der Waals surface area contributed by atoms with Crippen LogP contribution in [0.2, 0.25) is 0 Å². The van der Waals surface area contributed by atoms with Gasteiger partial charge >= 0.3 is 0 Å². The third-order valence-electron chi connectivity index (χ3n) is 3.92. The molecular formula is C17H16N2OS. The number of nitrogens with zero attached hydrogens (tertiary/aromatic N) is 1. The summed E-state index contributed by atoms with van der Waals surface area (Å²) in [5.41, 5.74) is 1.98. The number of rotatable bonds is 3. The van der Waals surface area contributed by atoms with Gasteiger partial charge in [0.1, 0.15) is 6.04 Å². The highest BCUT2D eigenvalue weighted by Gasteiger charge is 2.28. The van der Waals surface area contributed by atoms with Gasteiger partial charge in [-0.2, -0.15) is 5.26 Å². The quantitative estimate of drug-likeness (QED) is 0.941. The lowest BCUT2D eigenvalue weighted by atomic mass is 9.87. The van der Waals surface area contributed by atoms with E-state index in [-0.39, 0.29) is 11.8 Å². The standard InChI is InChI=1S/C17H16N2OS/c18-11-15(12-5-2-1-3-6-12)19-17(20)14-7-4-8-16-13(14)9-10-21-16/h1-3,5-6,9-10,14-15H,4,7-8H2,(H,19,20). The highest BCUT2D eigenvalue weighted by molar-refractivity contribution is 7.10. The monoisotopic (exact) mass is 296 g/mol. The summed E-state index contributed by atoms with van der Waals surface area (Å²) in [6.07, 6.45) is 2.97. The fourth-order valence-corrected chi connectivity index (χ4v) is 3.82. The van der Waals surface area contributed by atoms with Crippen LogP contribution in [0.4, 0.5) is 0 Å². The van der Waals surface area contributed by atoms with Crippen LogP contribution in [0.1, 0.15) is 40.8 Å². The van der Waals surface area contributed by atoms with E-state index in [0.29, 0.717) is 0 Å². The summed E-state index contributed by atoms with van der Waals surface area (Å²) < 4.78 is 0. The Bertz CT molecular complexity index is 672. The number of hydrogen-bond acceptors (Lipinski definition) is 3. The summed E-state index contributed by atoms with van der Waals surface area (Å²) in [6, 6.07) is 13.0. The molecule has 2 unspecified atom stereocenters. The number of nitrogens with one attached hydrogen (secondary N) is 1. The number of aryl methyl sites for hydroxylation is 1. The van der Waals surface area contributed by atoms with Gasteiger partial charge < -0.3 is 5.32 Å². The van der Waals surface area contributed by atoms with Crippen molar-refractivity contribution in [3.05, 3.63) is 57.8 Å². The van der Waals surface area contributed by atoms with Gasteiger partial charge in [0.25, 0.3) is 0 Å². The first-order valence-electron chi connectivity index (χ1n) is 7.11. The topological polar surface area (TPSA) is 52.9 Å². The maximum Gasteiger partial charge on any atom is 0.228 e. The zero-order valence-electron chi connectivity index (χ0n) is 11.6. The Morgan fingerprint density at radius 2 is 2.14 bits per heavy atom. The number of hydrogen-bond donors (Lipinski definition) is 1. The van der Waals surface area contributed by atoms with Crippen LogP contribution in [0.5, 0.6) is 0 Å². The SMILES string of the molecule is N#CC(NC(=O)C1CCCc2sccc21)c1ccccc1. The van der Waals surface area contributed by atoms with Crippen LogP contribution in [0, 0.1) is 11.3 Å². The van der Waals surface area contributed by atoms with Crippen molar-refractivity contribution < 1.29 is 4.79 Å². The molecule has 2 aromatic rings. The van der Waals surface area contributed by atoms with Crippen molar-refractivity contribution in [2.75, 3.05) is 0 Å². The Morgan fingerprint density at radius 1 is 1.33 bits per heavy atom. The Balaban J connectivity index is 1.77. The molecule has 3 rings (SSSR count). The Labute approximate surface area is 128 Å². The molecule has 4 heteroatoms. The number of carbonyl (C=O) groups is 1. The first kappa shape index (κ1) is 13.8. The molecule has 1 aromatic heterocycles. The maximum atomic E-state index is 12.5. The first-order chi connectivity index (χ1) is 10.3. The lowest BCUT2D eigenvalue weighted by Crippen LogP contribution is -2.33. The van der Waals surface area contributed by atoms with Crippen molar-refractivity contribution in [1.82, 2.24) is 5.32 Å². The highest BCUT2D eigenvalue weighted by Crippen LogP contribution is 2.35. The molecule has 0 spiro atoms. The van der Waals surface area contributed by atoms with E-state index in [1.807, 2.05) is 36.4 Å². The van der Waals surface area contributed by atoms with E-state index in [0.717, 1.165) is 30.4 Å². The second-order valence-corrected chi connectivity index (χ2v) is 6.23. The minimum atomic E-state index is -0.581. The van der Waals surface area contributed by atoms with Gasteiger partial charge in [-0.05, 0) is 41.8 Å². The maximum absolute atomic E-state index is 12.5. The average Bonchev–Trinajstić information content (AvgIpc) is 3.01. The molecule has 1 aromatic carbocycles. The third kappa shape index (κ3) is 2.84. The molecule has 0 bridgehead atoms. The van der Waals surface area contributed by atoms with Gasteiger partial charge in [0.15, 0.2) is 0 Å². The summed E-state index contributed by atoms with van der Waals surface area (Å²) in [7, 11) is 0. The van der Waals surface area contributed by atoms with E-state index in [4.69, 9.17) is 0 Å². The first-order valence-corrected chi connectivity index (χ1v) is 7.99. The Morgan fingerprint density at radius 3 is 2.90 bits per heavy atom. The normalized spacial score (nSPS) is 18.3. The number of benzene rings is 1. The lowest BCUT2D eigenvalue weighted by molar-refractivity contribution is -0.123. The molecule has 1 aliphatic carbocycles. The predicted octanol–water partition coefficient (Wildman–Crippen LogP) is 3.55. The molecule has 0 saturated carbocycles. The molecule has 106 valence electrons. The molecule has 1 aliphatic rings. The molecule has 1 amide bonds. The van der Waals surface area contributed by atoms with Gasteiger partial charge in [-0.3, -0.25) is 4.79 Å². The summed E-state index contributed by atoms with van der Waals surface area (Å²) in [6.45, 7) is 0.